The predicted molar refractivity (Wildman–Crippen MR) is 56.1 cm³/mol. The highest BCUT2D eigenvalue weighted by molar-refractivity contribution is 6.33. The third-order valence-electron chi connectivity index (χ3n) is 2.01. The molecule has 0 atom stereocenters. The average Bonchev–Trinajstić information content (AvgIpc) is 2.18. The molecule has 1 aromatic carbocycles. The van der Waals surface area contributed by atoms with Crippen molar-refractivity contribution in [1.29, 1.82) is 0 Å². The van der Waals surface area contributed by atoms with Crippen molar-refractivity contribution >= 4 is 22.5 Å². The van der Waals surface area contributed by atoms with E-state index in [1.807, 2.05) is 0 Å². The van der Waals surface area contributed by atoms with Gasteiger partial charge in [0.25, 0.3) is 0 Å². The van der Waals surface area contributed by atoms with Gasteiger partial charge in [0.2, 0.25) is 5.56 Å². The van der Waals surface area contributed by atoms with Crippen LogP contribution in [0.4, 0.5) is 0 Å². The molecule has 0 unspecified atom stereocenters. The Balaban J connectivity index is 2.88. The van der Waals surface area contributed by atoms with Crippen LogP contribution in [-0.2, 0) is 0 Å². The quantitative estimate of drug-likeness (QED) is 0.782. The molecule has 1 N–H and O–H groups in total. The van der Waals surface area contributed by atoms with Crippen molar-refractivity contribution in [2.75, 3.05) is 7.11 Å². The fourth-order valence-corrected chi connectivity index (χ4v) is 1.63. The zero-order valence-electron chi connectivity index (χ0n) is 7.50. The molecule has 2 aromatic rings. The van der Waals surface area contributed by atoms with Crippen molar-refractivity contribution in [3.05, 3.63) is 39.6 Å². The van der Waals surface area contributed by atoms with Crippen molar-refractivity contribution in [3.8, 4) is 5.75 Å². The summed E-state index contributed by atoms with van der Waals surface area (Å²) in [6.45, 7) is 0. The van der Waals surface area contributed by atoms with E-state index in [1.54, 1.807) is 25.3 Å². The summed E-state index contributed by atoms with van der Waals surface area (Å²) in [6, 6.07) is 6.58. The first-order valence-corrected chi connectivity index (χ1v) is 4.45. The summed E-state index contributed by atoms with van der Waals surface area (Å²) in [6.07, 6.45) is 0. The minimum atomic E-state index is -0.137. The monoisotopic (exact) mass is 209 g/mol. The summed E-state index contributed by atoms with van der Waals surface area (Å²) < 4.78 is 5.14. The molecule has 0 fully saturated rings. The molecule has 0 aliphatic heterocycles. The van der Waals surface area contributed by atoms with Crippen molar-refractivity contribution < 1.29 is 4.74 Å². The van der Waals surface area contributed by atoms with E-state index in [0.717, 1.165) is 10.9 Å². The second-order valence-electron chi connectivity index (χ2n) is 2.86. The minimum Gasteiger partial charge on any atom is -0.494 e. The molecule has 0 saturated carbocycles. The largest absolute Gasteiger partial charge is 0.494 e. The van der Waals surface area contributed by atoms with Gasteiger partial charge < -0.3 is 9.72 Å². The zero-order chi connectivity index (χ0) is 10.1. The van der Waals surface area contributed by atoms with Gasteiger partial charge >= 0.3 is 0 Å². The topological polar surface area (TPSA) is 42.1 Å². The number of ether oxygens (including phenoxy) is 1. The van der Waals surface area contributed by atoms with Crippen molar-refractivity contribution in [2.24, 2.45) is 0 Å². The highest BCUT2D eigenvalue weighted by atomic mass is 35.5. The normalized spacial score (nSPS) is 10.4. The Morgan fingerprint density at radius 1 is 1.29 bits per heavy atom. The lowest BCUT2D eigenvalue weighted by Gasteiger charge is -2.06. The number of hydrogen-bond donors (Lipinski definition) is 1. The molecule has 14 heavy (non-hydrogen) atoms. The number of aromatic nitrogens is 1. The molecule has 0 saturated heterocycles. The second-order valence-corrected chi connectivity index (χ2v) is 3.27. The first kappa shape index (κ1) is 9.09. The molecule has 2 rings (SSSR count). The maximum Gasteiger partial charge on any atom is 0.248 e. The number of pyridine rings is 1. The number of nitrogens with one attached hydrogen (secondary N) is 1. The van der Waals surface area contributed by atoms with Crippen LogP contribution in [0.3, 0.4) is 0 Å². The Morgan fingerprint density at radius 3 is 2.79 bits per heavy atom. The van der Waals surface area contributed by atoms with Crippen LogP contribution in [0, 0.1) is 0 Å². The van der Waals surface area contributed by atoms with Gasteiger partial charge in [-0.25, -0.2) is 0 Å². The zero-order valence-corrected chi connectivity index (χ0v) is 8.26. The number of methoxy groups -OCH3 is 1. The summed E-state index contributed by atoms with van der Waals surface area (Å²) >= 11 is 5.93. The van der Waals surface area contributed by atoms with Crippen molar-refractivity contribution in [1.82, 2.24) is 4.98 Å². The van der Waals surface area contributed by atoms with E-state index in [9.17, 15) is 4.79 Å². The van der Waals surface area contributed by atoms with Crippen molar-refractivity contribution in [2.45, 2.75) is 0 Å². The molecule has 1 heterocycles. The van der Waals surface area contributed by atoms with E-state index < -0.39 is 0 Å². The molecule has 72 valence electrons. The summed E-state index contributed by atoms with van der Waals surface area (Å²) in [7, 11) is 1.55. The number of H-pyrrole nitrogens is 1. The summed E-state index contributed by atoms with van der Waals surface area (Å²) in [5, 5.41) is 1.34. The third kappa shape index (κ3) is 1.36. The van der Waals surface area contributed by atoms with Crippen LogP contribution >= 0.6 is 11.6 Å². The lowest BCUT2D eigenvalue weighted by Crippen LogP contribution is -2.02. The first-order chi connectivity index (χ1) is 6.72. The first-order valence-electron chi connectivity index (χ1n) is 4.08. The SMILES string of the molecule is COc1c(Cl)ccc2[nH]c(=O)ccc12. The van der Waals surface area contributed by atoms with Crippen LogP contribution < -0.4 is 10.3 Å². The standard InChI is InChI=1S/C10H8ClNO2/c1-14-10-6-2-5-9(13)12-8(6)4-3-7(10)11/h2-5H,1H3,(H,12,13). The van der Waals surface area contributed by atoms with Crippen LogP contribution in [-0.4, -0.2) is 12.1 Å². The molecular weight excluding hydrogens is 202 g/mol. The van der Waals surface area contributed by atoms with E-state index in [1.165, 1.54) is 6.07 Å². The Hall–Kier alpha value is -1.48. The molecule has 0 bridgehead atoms. The Kier molecular flexibility index (Phi) is 2.17. The Labute approximate surface area is 85.3 Å². The highest BCUT2D eigenvalue weighted by Gasteiger charge is 2.05. The Bertz CT molecular complexity index is 533. The molecule has 0 spiro atoms. The smallest absolute Gasteiger partial charge is 0.248 e. The molecule has 1 aromatic heterocycles. The molecule has 4 heteroatoms. The van der Waals surface area contributed by atoms with Crippen LogP contribution in [0.15, 0.2) is 29.1 Å². The van der Waals surface area contributed by atoms with E-state index >= 15 is 0 Å². The number of benzene rings is 1. The average molecular weight is 210 g/mol. The van der Waals surface area contributed by atoms with Crippen LogP contribution in [0.2, 0.25) is 5.02 Å². The lowest BCUT2D eigenvalue weighted by atomic mass is 10.2. The van der Waals surface area contributed by atoms with E-state index in [4.69, 9.17) is 16.3 Å². The number of rotatable bonds is 1. The molecular formula is C10H8ClNO2. The maximum atomic E-state index is 11.0. The van der Waals surface area contributed by atoms with Gasteiger partial charge in [0.05, 0.1) is 17.6 Å². The molecule has 0 aliphatic rings. The van der Waals surface area contributed by atoms with E-state index in [-0.39, 0.29) is 5.56 Å². The van der Waals surface area contributed by atoms with Gasteiger partial charge in [-0.15, -0.1) is 0 Å². The maximum absolute atomic E-state index is 11.0. The molecule has 0 amide bonds. The second kappa shape index (κ2) is 3.35. The van der Waals surface area contributed by atoms with Crippen LogP contribution in [0.1, 0.15) is 0 Å². The highest BCUT2D eigenvalue weighted by Crippen LogP contribution is 2.31. The number of hydrogen-bond acceptors (Lipinski definition) is 2. The van der Waals surface area contributed by atoms with Gasteiger partial charge in [0, 0.05) is 11.5 Å². The predicted octanol–water partition coefficient (Wildman–Crippen LogP) is 2.19. The lowest BCUT2D eigenvalue weighted by molar-refractivity contribution is 0.420. The summed E-state index contributed by atoms with van der Waals surface area (Å²) in [5.41, 5.74) is 0.584. The van der Waals surface area contributed by atoms with Gasteiger partial charge in [-0.2, -0.15) is 0 Å². The number of aromatic amines is 1. The fraction of sp³-hybridized carbons (Fsp3) is 0.100. The number of fused-ring (bicyclic) bond motifs is 1. The Morgan fingerprint density at radius 2 is 2.07 bits per heavy atom. The third-order valence-corrected chi connectivity index (χ3v) is 2.31. The van der Waals surface area contributed by atoms with Gasteiger partial charge in [0.15, 0.2) is 0 Å². The van der Waals surface area contributed by atoms with Gasteiger partial charge in [-0.1, -0.05) is 11.6 Å². The van der Waals surface area contributed by atoms with E-state index in [0.29, 0.717) is 10.8 Å². The number of halogens is 1. The fourth-order valence-electron chi connectivity index (χ4n) is 1.39. The molecule has 0 radical (unpaired) electrons. The summed E-state index contributed by atoms with van der Waals surface area (Å²) in [5.74, 6) is 0.584. The van der Waals surface area contributed by atoms with Crippen molar-refractivity contribution in [3.63, 3.8) is 0 Å². The van der Waals surface area contributed by atoms with Crippen LogP contribution in [0.25, 0.3) is 10.9 Å². The summed E-state index contributed by atoms with van der Waals surface area (Å²) in [4.78, 5) is 13.7. The molecule has 0 aliphatic carbocycles. The van der Waals surface area contributed by atoms with Gasteiger partial charge in [0.1, 0.15) is 5.75 Å². The van der Waals surface area contributed by atoms with E-state index in [2.05, 4.69) is 4.98 Å². The van der Waals surface area contributed by atoms with Gasteiger partial charge in [-0.05, 0) is 18.2 Å². The van der Waals surface area contributed by atoms with Gasteiger partial charge in [-0.3, -0.25) is 4.79 Å². The molecule has 3 nitrogen and oxygen atoms in total. The minimum absolute atomic E-state index is 0.137. The van der Waals surface area contributed by atoms with Crippen LogP contribution in [0.5, 0.6) is 5.75 Å².